The van der Waals surface area contributed by atoms with Gasteiger partial charge in [-0.25, -0.2) is 4.98 Å². The Bertz CT molecular complexity index is 639. The molecule has 7 nitrogen and oxygen atoms in total. The largest absolute Gasteiger partial charge is 0.504 e. The first kappa shape index (κ1) is 14.9. The van der Waals surface area contributed by atoms with Crippen molar-refractivity contribution in [3.8, 4) is 11.5 Å². The molecule has 2 rings (SSSR count). The normalized spacial score (nSPS) is 12.1. The molecule has 1 atom stereocenters. The Kier molecular flexibility index (Phi) is 4.44. The zero-order chi connectivity index (χ0) is 15.4. The van der Waals surface area contributed by atoms with Crippen LogP contribution in [0.2, 0.25) is 0 Å². The van der Waals surface area contributed by atoms with Gasteiger partial charge in [0, 0.05) is 19.4 Å². The maximum absolute atomic E-state index is 11.9. The van der Waals surface area contributed by atoms with Gasteiger partial charge in [-0.05, 0) is 24.1 Å². The van der Waals surface area contributed by atoms with Crippen LogP contribution in [-0.2, 0) is 24.8 Å². The third kappa shape index (κ3) is 3.73. The summed E-state index contributed by atoms with van der Waals surface area (Å²) in [5, 5.41) is 21.4. The topological polar surface area (TPSA) is 113 Å². The first-order valence-electron chi connectivity index (χ1n) is 6.47. The quantitative estimate of drug-likeness (QED) is 0.580. The first-order chi connectivity index (χ1) is 9.97. The molecule has 0 saturated heterocycles. The van der Waals surface area contributed by atoms with Gasteiger partial charge in [0.25, 0.3) is 0 Å². The number of benzene rings is 1. The predicted octanol–water partition coefficient (Wildman–Crippen LogP) is 0.0175. The SMILES string of the molecule is Cn1ccnc1CNC(=O)[C@@H](N)Cc1ccc(O)c(O)c1. The van der Waals surface area contributed by atoms with E-state index in [0.717, 1.165) is 5.82 Å². The van der Waals surface area contributed by atoms with Crippen LogP contribution in [0, 0.1) is 0 Å². The highest BCUT2D eigenvalue weighted by atomic mass is 16.3. The molecule has 0 bridgehead atoms. The van der Waals surface area contributed by atoms with E-state index in [2.05, 4.69) is 10.3 Å². The second-order valence-electron chi connectivity index (χ2n) is 4.81. The Morgan fingerprint density at radius 3 is 2.81 bits per heavy atom. The van der Waals surface area contributed by atoms with Crippen molar-refractivity contribution in [2.24, 2.45) is 12.8 Å². The number of phenolic OH excluding ortho intramolecular Hbond substituents is 2. The summed E-state index contributed by atoms with van der Waals surface area (Å²) in [6.45, 7) is 0.302. The number of nitrogens with zero attached hydrogens (tertiary/aromatic N) is 2. The van der Waals surface area contributed by atoms with Crippen molar-refractivity contribution in [3.05, 3.63) is 42.0 Å². The van der Waals surface area contributed by atoms with Gasteiger partial charge < -0.3 is 25.8 Å². The summed E-state index contributed by atoms with van der Waals surface area (Å²) in [6, 6.07) is 3.62. The highest BCUT2D eigenvalue weighted by Gasteiger charge is 2.15. The van der Waals surface area contributed by atoms with Crippen molar-refractivity contribution < 1.29 is 15.0 Å². The van der Waals surface area contributed by atoms with E-state index in [9.17, 15) is 15.0 Å². The van der Waals surface area contributed by atoms with Gasteiger partial charge in [0.05, 0.1) is 12.6 Å². The number of hydrogen-bond acceptors (Lipinski definition) is 5. The number of imidazole rings is 1. The second kappa shape index (κ2) is 6.27. The lowest BCUT2D eigenvalue weighted by molar-refractivity contribution is -0.122. The van der Waals surface area contributed by atoms with Crippen molar-refractivity contribution in [2.45, 2.75) is 19.0 Å². The molecule has 0 aliphatic carbocycles. The molecule has 0 aliphatic heterocycles. The van der Waals surface area contributed by atoms with Gasteiger partial charge >= 0.3 is 0 Å². The summed E-state index contributed by atoms with van der Waals surface area (Å²) >= 11 is 0. The van der Waals surface area contributed by atoms with E-state index in [0.29, 0.717) is 12.1 Å². The van der Waals surface area contributed by atoms with Gasteiger partial charge in [0.2, 0.25) is 5.91 Å². The smallest absolute Gasteiger partial charge is 0.237 e. The minimum absolute atomic E-state index is 0.202. The molecule has 2 aromatic rings. The zero-order valence-corrected chi connectivity index (χ0v) is 11.7. The van der Waals surface area contributed by atoms with Crippen LogP contribution < -0.4 is 11.1 Å². The number of rotatable bonds is 5. The fourth-order valence-electron chi connectivity index (χ4n) is 1.91. The lowest BCUT2D eigenvalue weighted by atomic mass is 10.1. The number of aromatic hydroxyl groups is 2. The molecule has 0 radical (unpaired) electrons. The van der Waals surface area contributed by atoms with Gasteiger partial charge in [-0.1, -0.05) is 6.07 Å². The molecule has 1 aromatic carbocycles. The fourth-order valence-corrected chi connectivity index (χ4v) is 1.91. The Morgan fingerprint density at radius 2 is 2.19 bits per heavy atom. The minimum Gasteiger partial charge on any atom is -0.504 e. The number of carbonyl (C=O) groups excluding carboxylic acids is 1. The van der Waals surface area contributed by atoms with E-state index >= 15 is 0 Å². The van der Waals surface area contributed by atoms with Crippen molar-refractivity contribution >= 4 is 5.91 Å². The van der Waals surface area contributed by atoms with Crippen LogP contribution in [0.4, 0.5) is 0 Å². The maximum Gasteiger partial charge on any atom is 0.237 e. The number of carbonyl (C=O) groups is 1. The monoisotopic (exact) mass is 290 g/mol. The predicted molar refractivity (Wildman–Crippen MR) is 76.5 cm³/mol. The van der Waals surface area contributed by atoms with Crippen molar-refractivity contribution in [1.29, 1.82) is 0 Å². The average molecular weight is 290 g/mol. The standard InChI is InChI=1S/C14H18N4O3/c1-18-5-4-16-13(18)8-17-14(21)10(15)6-9-2-3-11(19)12(20)7-9/h2-5,7,10,19-20H,6,8,15H2,1H3,(H,17,21)/t10-/m0/s1. The lowest BCUT2D eigenvalue weighted by Crippen LogP contribution is -2.42. The van der Waals surface area contributed by atoms with Crippen LogP contribution in [-0.4, -0.2) is 31.7 Å². The van der Waals surface area contributed by atoms with Gasteiger partial charge in [-0.3, -0.25) is 4.79 Å². The molecule has 0 aliphatic rings. The highest BCUT2D eigenvalue weighted by Crippen LogP contribution is 2.25. The van der Waals surface area contributed by atoms with Crippen LogP contribution >= 0.6 is 0 Å². The summed E-state index contributed by atoms with van der Waals surface area (Å²) < 4.78 is 1.81. The van der Waals surface area contributed by atoms with E-state index in [1.165, 1.54) is 12.1 Å². The zero-order valence-electron chi connectivity index (χ0n) is 11.7. The number of nitrogens with one attached hydrogen (secondary N) is 1. The van der Waals surface area contributed by atoms with Gasteiger partial charge in [-0.2, -0.15) is 0 Å². The third-order valence-corrected chi connectivity index (χ3v) is 3.17. The van der Waals surface area contributed by atoms with Crippen LogP contribution in [0.25, 0.3) is 0 Å². The molecular weight excluding hydrogens is 272 g/mol. The summed E-state index contributed by atoms with van der Waals surface area (Å²) in [7, 11) is 1.84. The molecule has 21 heavy (non-hydrogen) atoms. The van der Waals surface area contributed by atoms with Crippen molar-refractivity contribution in [3.63, 3.8) is 0 Å². The van der Waals surface area contributed by atoms with Crippen LogP contribution in [0.1, 0.15) is 11.4 Å². The minimum atomic E-state index is -0.741. The number of amides is 1. The molecule has 0 spiro atoms. The Labute approximate surface area is 122 Å². The van der Waals surface area contributed by atoms with E-state index in [1.807, 2.05) is 11.6 Å². The lowest BCUT2D eigenvalue weighted by Gasteiger charge is -2.12. The summed E-state index contributed by atoms with van der Waals surface area (Å²) in [4.78, 5) is 16.0. The number of aryl methyl sites for hydroxylation is 1. The molecule has 1 amide bonds. The van der Waals surface area contributed by atoms with Crippen LogP contribution in [0.5, 0.6) is 11.5 Å². The van der Waals surface area contributed by atoms with Crippen LogP contribution in [0.15, 0.2) is 30.6 Å². The molecule has 0 fully saturated rings. The molecule has 1 heterocycles. The van der Waals surface area contributed by atoms with E-state index in [4.69, 9.17) is 5.73 Å². The molecule has 7 heteroatoms. The Balaban J connectivity index is 1.90. The number of phenols is 2. The summed E-state index contributed by atoms with van der Waals surface area (Å²) in [6.07, 6.45) is 3.71. The third-order valence-electron chi connectivity index (χ3n) is 3.17. The van der Waals surface area contributed by atoms with Gasteiger partial charge in [0.1, 0.15) is 5.82 Å². The molecule has 0 unspecified atom stereocenters. The molecule has 112 valence electrons. The molecular formula is C14H18N4O3. The maximum atomic E-state index is 11.9. The molecule has 5 N–H and O–H groups in total. The van der Waals surface area contributed by atoms with Crippen LogP contribution in [0.3, 0.4) is 0 Å². The number of aromatic nitrogens is 2. The second-order valence-corrected chi connectivity index (χ2v) is 4.81. The Hall–Kier alpha value is -2.54. The summed E-state index contributed by atoms with van der Waals surface area (Å²) in [5.41, 5.74) is 6.50. The molecule has 1 aromatic heterocycles. The fraction of sp³-hybridized carbons (Fsp3) is 0.286. The average Bonchev–Trinajstić information content (AvgIpc) is 2.85. The number of nitrogens with two attached hydrogens (primary N) is 1. The van der Waals surface area contributed by atoms with Gasteiger partial charge in [0.15, 0.2) is 11.5 Å². The first-order valence-corrected chi connectivity index (χ1v) is 6.47. The van der Waals surface area contributed by atoms with Crippen molar-refractivity contribution in [1.82, 2.24) is 14.9 Å². The van der Waals surface area contributed by atoms with Crippen molar-refractivity contribution in [2.75, 3.05) is 0 Å². The molecule has 0 saturated carbocycles. The van der Waals surface area contributed by atoms with E-state index < -0.39 is 6.04 Å². The number of hydrogen-bond donors (Lipinski definition) is 4. The van der Waals surface area contributed by atoms with E-state index in [1.54, 1.807) is 18.5 Å². The highest BCUT2D eigenvalue weighted by molar-refractivity contribution is 5.81. The van der Waals surface area contributed by atoms with Gasteiger partial charge in [-0.15, -0.1) is 0 Å². The summed E-state index contributed by atoms with van der Waals surface area (Å²) in [5.74, 6) is 0.00284. The Morgan fingerprint density at radius 1 is 1.43 bits per heavy atom. The van der Waals surface area contributed by atoms with E-state index in [-0.39, 0.29) is 23.8 Å².